The second-order valence-electron chi connectivity index (χ2n) is 16.8. The summed E-state index contributed by atoms with van der Waals surface area (Å²) in [5, 5.41) is 75.0. The Labute approximate surface area is 280 Å². The molecule has 7 aliphatic rings. The Morgan fingerprint density at radius 3 is 2.31 bits per heavy atom. The Hall–Kier alpha value is -2.03. The molecule has 4 saturated carbocycles. The number of ether oxygens (including phenoxy) is 4. The molecule has 12 nitrogen and oxygen atoms in total. The monoisotopic (exact) mass is 673 g/mol. The first-order valence-electron chi connectivity index (χ1n) is 17.6. The lowest BCUT2D eigenvalue weighted by molar-refractivity contribution is -0.353. The lowest BCUT2D eigenvalue weighted by atomic mass is 9.48. The highest BCUT2D eigenvalue weighted by Gasteiger charge is 2.89. The van der Waals surface area contributed by atoms with Crippen LogP contribution in [0.1, 0.15) is 82.5 Å². The van der Waals surface area contributed by atoms with Gasteiger partial charge in [-0.05, 0) is 69.6 Å². The van der Waals surface area contributed by atoms with Gasteiger partial charge < -0.3 is 49.6 Å². The number of aliphatic hydroxyl groups is 6. The van der Waals surface area contributed by atoms with Gasteiger partial charge in [-0.2, -0.15) is 0 Å². The number of benzene rings is 1. The Balaban J connectivity index is 1.27. The molecule has 7 fully saturated rings. The van der Waals surface area contributed by atoms with Crippen LogP contribution >= 0.6 is 0 Å². The minimum Gasteiger partial charge on any atom is -0.493 e. The molecule has 6 N–H and O–H groups in total. The molecular weight excluding hydrogens is 622 g/mol. The van der Waals surface area contributed by atoms with Crippen LogP contribution in [0.5, 0.6) is 11.5 Å². The van der Waals surface area contributed by atoms with E-state index >= 15 is 0 Å². The standard InChI is InChI=1S/C36H51NO11/c1-19-6-11-26-31(3,40)35(43)25(17-37(26)16-19)33(42)18-34-24(10-9-23-30(34,2)13-12-27(38)36(23,44)48-34)32(33,41)15-28(35)47-29(39)20-7-8-21(45-4)22(14-20)46-5/h7-8,14,19,23-28,38,40-44H,6,9-13,15-18H2,1-5H3/t19-,23-,24-,25-,26-,27-,28-,30-,31+,32+,33+,34+,35-,36-/m0/s1. The van der Waals surface area contributed by atoms with Gasteiger partial charge in [-0.15, -0.1) is 0 Å². The molecule has 4 bridgehead atoms. The number of methoxy groups -OCH3 is 2. The molecular formula is C36H51NO11. The Morgan fingerprint density at radius 2 is 1.60 bits per heavy atom. The van der Waals surface area contributed by atoms with Crippen molar-refractivity contribution in [1.82, 2.24) is 4.90 Å². The summed E-state index contributed by atoms with van der Waals surface area (Å²) in [5.74, 6) is -3.84. The van der Waals surface area contributed by atoms with Crippen LogP contribution in [0.25, 0.3) is 0 Å². The first kappa shape index (κ1) is 33.1. The van der Waals surface area contributed by atoms with Crippen LogP contribution in [0.3, 0.4) is 0 Å². The number of carbonyl (C=O) groups excluding carboxylic acids is 1. The average molecular weight is 674 g/mol. The highest BCUT2D eigenvalue weighted by Crippen LogP contribution is 2.78. The molecule has 12 heteroatoms. The summed E-state index contributed by atoms with van der Waals surface area (Å²) in [7, 11) is 2.94. The fraction of sp³-hybridized carbons (Fsp3) is 0.806. The largest absolute Gasteiger partial charge is 0.493 e. The second kappa shape index (κ2) is 10.1. The van der Waals surface area contributed by atoms with Gasteiger partial charge in [0.05, 0.1) is 25.4 Å². The third-order valence-corrected chi connectivity index (χ3v) is 14.9. The van der Waals surface area contributed by atoms with E-state index in [1.807, 2.05) is 6.92 Å². The molecule has 0 amide bonds. The summed E-state index contributed by atoms with van der Waals surface area (Å²) in [5.41, 5.74) is -9.73. The Kier molecular flexibility index (Phi) is 6.94. The van der Waals surface area contributed by atoms with Gasteiger partial charge in [-0.1, -0.05) is 13.8 Å². The van der Waals surface area contributed by atoms with Crippen LogP contribution < -0.4 is 9.47 Å². The van der Waals surface area contributed by atoms with Gasteiger partial charge in [0.1, 0.15) is 34.6 Å². The molecule has 0 radical (unpaired) electrons. The van der Waals surface area contributed by atoms with Gasteiger partial charge in [-0.3, -0.25) is 4.90 Å². The van der Waals surface area contributed by atoms with Crippen LogP contribution in [0.4, 0.5) is 0 Å². The van der Waals surface area contributed by atoms with E-state index in [0.717, 1.165) is 6.42 Å². The van der Waals surface area contributed by atoms with Crippen LogP contribution in [-0.2, 0) is 9.47 Å². The molecule has 266 valence electrons. The molecule has 1 spiro atoms. The molecule has 3 heterocycles. The number of piperidine rings is 2. The van der Waals surface area contributed by atoms with Gasteiger partial charge in [0, 0.05) is 55.1 Å². The van der Waals surface area contributed by atoms with Gasteiger partial charge >= 0.3 is 5.97 Å². The number of esters is 1. The molecule has 3 saturated heterocycles. The van der Waals surface area contributed by atoms with Crippen LogP contribution in [0.2, 0.25) is 0 Å². The molecule has 48 heavy (non-hydrogen) atoms. The summed E-state index contributed by atoms with van der Waals surface area (Å²) in [6.07, 6.45) is 0.154. The van der Waals surface area contributed by atoms with Gasteiger partial charge in [0.2, 0.25) is 0 Å². The third kappa shape index (κ3) is 3.66. The van der Waals surface area contributed by atoms with E-state index in [2.05, 4.69) is 11.8 Å². The van der Waals surface area contributed by atoms with Crippen molar-refractivity contribution in [2.75, 3.05) is 27.3 Å². The van der Waals surface area contributed by atoms with Gasteiger partial charge in [0.15, 0.2) is 17.3 Å². The number of aliphatic hydroxyl groups excluding tert-OH is 1. The average Bonchev–Trinajstić information content (AvgIpc) is 3.22. The van der Waals surface area contributed by atoms with Crippen molar-refractivity contribution in [2.45, 2.75) is 124 Å². The summed E-state index contributed by atoms with van der Waals surface area (Å²) in [6.45, 7) is 6.51. The zero-order valence-electron chi connectivity index (χ0n) is 28.5. The third-order valence-electron chi connectivity index (χ3n) is 14.9. The highest BCUT2D eigenvalue weighted by molar-refractivity contribution is 5.90. The fourth-order valence-corrected chi connectivity index (χ4v) is 12.6. The second-order valence-corrected chi connectivity index (χ2v) is 16.8. The van der Waals surface area contributed by atoms with E-state index in [1.165, 1.54) is 26.4 Å². The summed E-state index contributed by atoms with van der Waals surface area (Å²) in [4.78, 5) is 16.1. The normalized spacial score (nSPS) is 53.6. The first-order chi connectivity index (χ1) is 22.5. The maximum absolute atomic E-state index is 13.9. The first-order valence-corrected chi connectivity index (χ1v) is 17.6. The number of hydrogen-bond donors (Lipinski definition) is 6. The van der Waals surface area contributed by atoms with Crippen molar-refractivity contribution >= 4 is 5.97 Å². The number of nitrogens with zero attached hydrogens (tertiary/aromatic N) is 1. The van der Waals surface area contributed by atoms with E-state index in [1.54, 1.807) is 13.0 Å². The molecule has 1 aromatic rings. The van der Waals surface area contributed by atoms with Crippen molar-refractivity contribution in [1.29, 1.82) is 0 Å². The smallest absolute Gasteiger partial charge is 0.338 e. The zero-order chi connectivity index (χ0) is 34.4. The summed E-state index contributed by atoms with van der Waals surface area (Å²) in [6, 6.07) is 4.10. The van der Waals surface area contributed by atoms with Crippen LogP contribution in [0.15, 0.2) is 18.2 Å². The number of carbonyl (C=O) groups is 1. The van der Waals surface area contributed by atoms with E-state index in [4.69, 9.17) is 18.9 Å². The van der Waals surface area contributed by atoms with Crippen molar-refractivity contribution in [2.24, 2.45) is 29.1 Å². The molecule has 8 rings (SSSR count). The quantitative estimate of drug-likeness (QED) is 0.253. The Morgan fingerprint density at radius 1 is 0.896 bits per heavy atom. The maximum atomic E-state index is 13.9. The van der Waals surface area contributed by atoms with Crippen molar-refractivity contribution in [3.8, 4) is 11.5 Å². The minimum atomic E-state index is -2.17. The molecule has 3 aliphatic heterocycles. The van der Waals surface area contributed by atoms with Crippen molar-refractivity contribution in [3.05, 3.63) is 23.8 Å². The molecule has 0 unspecified atom stereocenters. The van der Waals surface area contributed by atoms with Crippen LogP contribution in [0, 0.1) is 29.1 Å². The fourth-order valence-electron chi connectivity index (χ4n) is 12.6. The molecule has 4 aliphatic carbocycles. The minimum absolute atomic E-state index is 0.101. The van der Waals surface area contributed by atoms with E-state index in [0.29, 0.717) is 56.1 Å². The van der Waals surface area contributed by atoms with Crippen LogP contribution in [-0.4, -0.2) is 121 Å². The molecule has 1 aromatic carbocycles. The SMILES string of the molecule is COc1ccc(C(=O)O[C@H]2C[C@@]3(O)[C@@H]4CC[C@@H]5[C@]6(O)O[C@@]4(C[C@@]3(O)[C@@H]3CN4C[C@@H](C)CC[C@H]4[C@@](C)(O)[C@@]23O)[C@@]5(C)CC[C@@H]6O)cc1OC. The molecule has 14 atom stereocenters. The predicted octanol–water partition coefficient (Wildman–Crippen LogP) is 1.36. The lowest BCUT2D eigenvalue weighted by Crippen LogP contribution is -2.85. The molecule has 0 aromatic heterocycles. The summed E-state index contributed by atoms with van der Waals surface area (Å²) < 4.78 is 23.6. The predicted molar refractivity (Wildman–Crippen MR) is 169 cm³/mol. The maximum Gasteiger partial charge on any atom is 0.338 e. The zero-order valence-corrected chi connectivity index (χ0v) is 28.5. The number of fused-ring (bicyclic) bond motifs is 5. The van der Waals surface area contributed by atoms with Gasteiger partial charge in [0.25, 0.3) is 0 Å². The summed E-state index contributed by atoms with van der Waals surface area (Å²) >= 11 is 0. The van der Waals surface area contributed by atoms with E-state index in [9.17, 15) is 35.4 Å². The Bertz CT molecular complexity index is 1520. The topological polar surface area (TPSA) is 179 Å². The van der Waals surface area contributed by atoms with Gasteiger partial charge in [-0.25, -0.2) is 4.79 Å². The number of rotatable bonds is 4. The lowest BCUT2D eigenvalue weighted by Gasteiger charge is -2.68. The van der Waals surface area contributed by atoms with E-state index < -0.39 is 81.2 Å². The van der Waals surface area contributed by atoms with E-state index in [-0.39, 0.29) is 24.9 Å². The van der Waals surface area contributed by atoms with Crippen molar-refractivity contribution in [3.63, 3.8) is 0 Å². The van der Waals surface area contributed by atoms with Crippen molar-refractivity contribution < 1.29 is 54.4 Å². The number of hydrogen-bond acceptors (Lipinski definition) is 12. The highest BCUT2D eigenvalue weighted by atomic mass is 16.7.